The molecule has 27 heavy (non-hydrogen) atoms. The molecule has 138 valence electrons. The number of phenolic OH excluding ortho intramolecular Hbond substituents is 2. The first kappa shape index (κ1) is 17.6. The number of nitrogens with zero attached hydrogens (tertiary/aromatic N) is 2. The summed E-state index contributed by atoms with van der Waals surface area (Å²) in [4.78, 5) is 22.1. The quantitative estimate of drug-likeness (QED) is 0.605. The molecule has 0 spiro atoms. The number of hydrogen-bond acceptors (Lipinski definition) is 5. The highest BCUT2D eigenvalue weighted by Gasteiger charge is 2.22. The number of hydrogen-bond donors (Lipinski definition) is 3. The van der Waals surface area contributed by atoms with Gasteiger partial charge in [0.25, 0.3) is 5.56 Å². The van der Waals surface area contributed by atoms with Crippen molar-refractivity contribution < 1.29 is 10.2 Å². The lowest BCUT2D eigenvalue weighted by molar-refractivity contribution is 0.238. The van der Waals surface area contributed by atoms with Gasteiger partial charge in [0.2, 0.25) is 0 Å². The molecule has 0 aliphatic carbocycles. The van der Waals surface area contributed by atoms with Gasteiger partial charge in [-0.15, -0.1) is 0 Å². The summed E-state index contributed by atoms with van der Waals surface area (Å²) >= 11 is 5.92. The van der Waals surface area contributed by atoms with Crippen LogP contribution in [0, 0.1) is 0 Å². The molecule has 1 aliphatic rings. The zero-order valence-corrected chi connectivity index (χ0v) is 15.2. The largest absolute Gasteiger partial charge is 0.504 e. The summed E-state index contributed by atoms with van der Waals surface area (Å²) in [6, 6.07) is 12.1. The van der Waals surface area contributed by atoms with Crippen LogP contribution in [0.1, 0.15) is 16.8 Å². The van der Waals surface area contributed by atoms with Gasteiger partial charge >= 0.3 is 0 Å². The first-order chi connectivity index (χ1) is 13.0. The summed E-state index contributed by atoms with van der Waals surface area (Å²) in [7, 11) is 0. The molecular weight excluding hydrogens is 366 g/mol. The minimum atomic E-state index is -0.158. The van der Waals surface area contributed by atoms with Crippen LogP contribution in [-0.2, 0) is 19.5 Å². The zero-order valence-electron chi connectivity index (χ0n) is 14.4. The third-order valence-corrected chi connectivity index (χ3v) is 5.01. The molecule has 0 saturated heterocycles. The Kier molecular flexibility index (Phi) is 4.59. The number of aromatic amines is 1. The molecule has 0 bridgehead atoms. The van der Waals surface area contributed by atoms with Gasteiger partial charge in [-0.25, -0.2) is 4.98 Å². The molecule has 0 radical (unpaired) electrons. The minimum absolute atomic E-state index is 0.117. The summed E-state index contributed by atoms with van der Waals surface area (Å²) in [5.74, 6) is 0.278. The van der Waals surface area contributed by atoms with Crippen molar-refractivity contribution in [1.29, 1.82) is 0 Å². The normalized spacial score (nSPS) is 14.1. The number of aromatic hydroxyl groups is 2. The Labute approximate surface area is 160 Å². The number of phenols is 2. The van der Waals surface area contributed by atoms with Crippen LogP contribution in [0.15, 0.2) is 47.3 Å². The summed E-state index contributed by atoms with van der Waals surface area (Å²) in [5, 5.41) is 20.3. The predicted molar refractivity (Wildman–Crippen MR) is 103 cm³/mol. The Bertz CT molecular complexity index is 1050. The molecule has 0 unspecified atom stereocenters. The van der Waals surface area contributed by atoms with Crippen molar-refractivity contribution in [3.8, 4) is 22.9 Å². The third kappa shape index (κ3) is 3.54. The summed E-state index contributed by atoms with van der Waals surface area (Å²) in [5.41, 5.74) is 2.71. The van der Waals surface area contributed by atoms with E-state index in [1.807, 2.05) is 12.1 Å². The smallest absolute Gasteiger partial charge is 0.255 e. The number of H-pyrrole nitrogens is 1. The SMILES string of the molecule is O=c1[nH]c(-c2ccc(Cl)cc2)nc2c1CN(Cc1cccc(O)c1O)CC2. The van der Waals surface area contributed by atoms with Gasteiger partial charge in [0.1, 0.15) is 5.82 Å². The molecule has 7 heteroatoms. The van der Waals surface area contributed by atoms with Gasteiger partial charge in [-0.2, -0.15) is 0 Å². The average Bonchev–Trinajstić information content (AvgIpc) is 2.66. The Morgan fingerprint density at radius 2 is 1.93 bits per heavy atom. The molecule has 0 amide bonds. The van der Waals surface area contributed by atoms with Crippen molar-refractivity contribution in [1.82, 2.24) is 14.9 Å². The fourth-order valence-electron chi connectivity index (χ4n) is 3.31. The molecular formula is C20H18ClN3O3. The van der Waals surface area contributed by atoms with Crippen LogP contribution in [0.5, 0.6) is 11.5 Å². The highest BCUT2D eigenvalue weighted by molar-refractivity contribution is 6.30. The van der Waals surface area contributed by atoms with E-state index in [0.29, 0.717) is 48.0 Å². The van der Waals surface area contributed by atoms with E-state index in [0.717, 1.165) is 11.3 Å². The molecule has 1 aromatic heterocycles. The standard InChI is InChI=1S/C20H18ClN3O3/c21-14-6-4-12(5-7-14)19-22-16-8-9-24(11-15(16)20(27)23-19)10-13-2-1-3-17(25)18(13)26/h1-7,25-26H,8-11H2,(H,22,23,27). The molecule has 2 aromatic carbocycles. The maximum absolute atomic E-state index is 12.6. The molecule has 0 saturated carbocycles. The summed E-state index contributed by atoms with van der Waals surface area (Å²) < 4.78 is 0. The summed E-state index contributed by atoms with van der Waals surface area (Å²) in [6.07, 6.45) is 0.638. The van der Waals surface area contributed by atoms with Crippen LogP contribution in [0.25, 0.3) is 11.4 Å². The fourth-order valence-corrected chi connectivity index (χ4v) is 3.43. The molecule has 6 nitrogen and oxygen atoms in total. The van der Waals surface area contributed by atoms with Gasteiger partial charge in [0.15, 0.2) is 11.5 Å². The van der Waals surface area contributed by atoms with Crippen LogP contribution in [0.2, 0.25) is 5.02 Å². The molecule has 1 aliphatic heterocycles. The van der Waals surface area contributed by atoms with Crippen molar-refractivity contribution >= 4 is 11.6 Å². The highest BCUT2D eigenvalue weighted by atomic mass is 35.5. The molecule has 3 N–H and O–H groups in total. The first-order valence-electron chi connectivity index (χ1n) is 8.61. The van der Waals surface area contributed by atoms with E-state index in [-0.39, 0.29) is 17.1 Å². The van der Waals surface area contributed by atoms with Gasteiger partial charge in [0, 0.05) is 42.2 Å². The maximum atomic E-state index is 12.6. The van der Waals surface area contributed by atoms with Crippen LogP contribution in [-0.4, -0.2) is 31.6 Å². The summed E-state index contributed by atoms with van der Waals surface area (Å²) in [6.45, 7) is 1.59. The van der Waals surface area contributed by atoms with E-state index in [9.17, 15) is 15.0 Å². The van der Waals surface area contributed by atoms with Gasteiger partial charge in [0.05, 0.1) is 11.3 Å². The number of aromatic nitrogens is 2. The Morgan fingerprint density at radius 1 is 1.15 bits per heavy atom. The lowest BCUT2D eigenvalue weighted by Gasteiger charge is -2.28. The van der Waals surface area contributed by atoms with Crippen LogP contribution in [0.4, 0.5) is 0 Å². The number of fused-ring (bicyclic) bond motifs is 1. The van der Waals surface area contributed by atoms with Gasteiger partial charge in [-0.05, 0) is 30.3 Å². The number of benzene rings is 2. The van der Waals surface area contributed by atoms with Gasteiger partial charge in [-0.1, -0.05) is 23.7 Å². The zero-order chi connectivity index (χ0) is 19.0. The number of nitrogens with one attached hydrogen (secondary N) is 1. The van der Waals surface area contributed by atoms with Crippen molar-refractivity contribution in [3.63, 3.8) is 0 Å². The molecule has 2 heterocycles. The maximum Gasteiger partial charge on any atom is 0.255 e. The number of halogens is 1. The lowest BCUT2D eigenvalue weighted by atomic mass is 10.0. The van der Waals surface area contributed by atoms with E-state index < -0.39 is 0 Å². The minimum Gasteiger partial charge on any atom is -0.504 e. The second kappa shape index (κ2) is 7.06. The number of para-hydroxylation sites is 1. The molecule has 0 atom stereocenters. The lowest BCUT2D eigenvalue weighted by Crippen LogP contribution is -2.35. The van der Waals surface area contributed by atoms with Crippen molar-refractivity contribution in [2.24, 2.45) is 0 Å². The van der Waals surface area contributed by atoms with Crippen molar-refractivity contribution in [2.75, 3.05) is 6.54 Å². The Morgan fingerprint density at radius 3 is 2.70 bits per heavy atom. The van der Waals surface area contributed by atoms with E-state index in [1.165, 1.54) is 6.07 Å². The van der Waals surface area contributed by atoms with Crippen LogP contribution < -0.4 is 5.56 Å². The molecule has 3 aromatic rings. The Balaban J connectivity index is 1.59. The topological polar surface area (TPSA) is 89.5 Å². The highest BCUT2D eigenvalue weighted by Crippen LogP contribution is 2.30. The van der Waals surface area contributed by atoms with Crippen LogP contribution >= 0.6 is 11.6 Å². The monoisotopic (exact) mass is 383 g/mol. The predicted octanol–water partition coefficient (Wildman–Crippen LogP) is 3.06. The Hall–Kier alpha value is -2.83. The van der Waals surface area contributed by atoms with E-state index in [4.69, 9.17) is 11.6 Å². The van der Waals surface area contributed by atoms with Crippen molar-refractivity contribution in [2.45, 2.75) is 19.5 Å². The van der Waals surface area contributed by atoms with E-state index in [2.05, 4.69) is 14.9 Å². The van der Waals surface area contributed by atoms with Gasteiger partial charge in [-0.3, -0.25) is 9.69 Å². The first-order valence-corrected chi connectivity index (χ1v) is 8.99. The van der Waals surface area contributed by atoms with E-state index in [1.54, 1.807) is 24.3 Å². The second-order valence-corrected chi connectivity index (χ2v) is 7.03. The number of rotatable bonds is 3. The second-order valence-electron chi connectivity index (χ2n) is 6.59. The van der Waals surface area contributed by atoms with E-state index >= 15 is 0 Å². The third-order valence-electron chi connectivity index (χ3n) is 4.76. The van der Waals surface area contributed by atoms with Gasteiger partial charge < -0.3 is 15.2 Å². The average molecular weight is 384 g/mol. The molecule has 4 rings (SSSR count). The fraction of sp³-hybridized carbons (Fsp3) is 0.200. The van der Waals surface area contributed by atoms with Crippen LogP contribution in [0.3, 0.4) is 0 Å². The van der Waals surface area contributed by atoms with Crippen molar-refractivity contribution in [3.05, 3.63) is 74.7 Å². The molecule has 0 fully saturated rings.